The molecule has 1 aliphatic heterocycles. The average molecular weight is 308 g/mol. The summed E-state index contributed by atoms with van der Waals surface area (Å²) in [5.41, 5.74) is 1.20. The maximum atomic E-state index is 10.2. The summed E-state index contributed by atoms with van der Waals surface area (Å²) in [7, 11) is 0. The zero-order valence-electron chi connectivity index (χ0n) is 12.3. The zero-order chi connectivity index (χ0) is 16.2. The highest BCUT2D eigenvalue weighted by Gasteiger charge is 2.25. The molecule has 4 rings (SSSR count). The monoisotopic (exact) mass is 308 g/mol. The number of ether oxygens (including phenoxy) is 1. The molecule has 0 atom stereocenters. The van der Waals surface area contributed by atoms with Gasteiger partial charge in [-0.15, -0.1) is 0 Å². The van der Waals surface area contributed by atoms with Crippen LogP contribution in [-0.2, 0) is 0 Å². The van der Waals surface area contributed by atoms with Gasteiger partial charge in [0.2, 0.25) is 0 Å². The molecule has 3 N–H and O–H groups in total. The van der Waals surface area contributed by atoms with E-state index in [-0.39, 0.29) is 11.5 Å². The third-order valence-electron chi connectivity index (χ3n) is 3.47. The van der Waals surface area contributed by atoms with Crippen LogP contribution in [0.25, 0.3) is 0 Å². The lowest BCUT2D eigenvalue weighted by Crippen LogP contribution is -2.09. The average Bonchev–Trinajstić information content (AvgIpc) is 2.56. The van der Waals surface area contributed by atoms with Crippen molar-refractivity contribution in [1.29, 1.82) is 0 Å². The number of fused-ring (bicyclic) bond motifs is 2. The van der Waals surface area contributed by atoms with Gasteiger partial charge in [-0.2, -0.15) is 0 Å². The van der Waals surface area contributed by atoms with Gasteiger partial charge in [-0.25, -0.2) is 0 Å². The van der Waals surface area contributed by atoms with E-state index in [0.29, 0.717) is 22.6 Å². The van der Waals surface area contributed by atoms with E-state index in [1.165, 1.54) is 24.3 Å². The minimum atomic E-state index is -0.810. The second-order valence-corrected chi connectivity index (χ2v) is 5.10. The van der Waals surface area contributed by atoms with Crippen molar-refractivity contribution in [2.45, 2.75) is 6.10 Å². The van der Waals surface area contributed by atoms with Crippen molar-refractivity contribution in [1.82, 2.24) is 0 Å². The van der Waals surface area contributed by atoms with E-state index in [4.69, 9.17) is 4.74 Å². The molecule has 1 heterocycles. The molecule has 0 saturated carbocycles. The maximum absolute atomic E-state index is 10.2. The highest BCUT2D eigenvalue weighted by Crippen LogP contribution is 2.44. The number of aromatic hydroxyl groups is 2. The third-order valence-corrected chi connectivity index (χ3v) is 3.47. The minimum absolute atomic E-state index is 0.0690. The second kappa shape index (κ2) is 6.42. The van der Waals surface area contributed by atoms with Gasteiger partial charge in [-0.1, -0.05) is 36.4 Å². The number of phenols is 2. The quantitative estimate of drug-likeness (QED) is 0.587. The van der Waals surface area contributed by atoms with Crippen molar-refractivity contribution in [3.63, 3.8) is 0 Å². The van der Waals surface area contributed by atoms with Crippen LogP contribution in [0.15, 0.2) is 72.8 Å². The predicted octanol–water partition coefficient (Wildman–Crippen LogP) is 3.97. The van der Waals surface area contributed by atoms with Crippen molar-refractivity contribution in [3.05, 3.63) is 83.9 Å². The van der Waals surface area contributed by atoms with Crippen LogP contribution >= 0.6 is 0 Å². The van der Waals surface area contributed by atoms with Gasteiger partial charge in [0.25, 0.3) is 0 Å². The Morgan fingerprint density at radius 2 is 1.04 bits per heavy atom. The van der Waals surface area contributed by atoms with Gasteiger partial charge in [0.05, 0.1) is 0 Å². The Hall–Kier alpha value is -2.98. The standard InChI is InChI=1S/C13H10O4.C6H6/c14-7-1-3-9-11(5-7)17-12-6-8(15)2-4-10(12)13(9)16;1-2-4-6-5-3-1/h1-6,13-16H;1-6H. The summed E-state index contributed by atoms with van der Waals surface area (Å²) in [5.74, 6) is 0.935. The molecule has 116 valence electrons. The molecular weight excluding hydrogens is 292 g/mol. The number of aliphatic hydroxyl groups excluding tert-OH is 1. The molecule has 0 radical (unpaired) electrons. The van der Waals surface area contributed by atoms with Gasteiger partial charge in [0.1, 0.15) is 29.1 Å². The largest absolute Gasteiger partial charge is 0.508 e. The van der Waals surface area contributed by atoms with Crippen molar-refractivity contribution in [2.24, 2.45) is 0 Å². The molecule has 23 heavy (non-hydrogen) atoms. The molecule has 3 aromatic rings. The molecule has 0 aliphatic carbocycles. The van der Waals surface area contributed by atoms with Crippen LogP contribution < -0.4 is 4.74 Å². The Bertz CT molecular complexity index is 722. The van der Waals surface area contributed by atoms with Gasteiger partial charge >= 0.3 is 0 Å². The molecule has 1 aliphatic rings. The summed E-state index contributed by atoms with van der Waals surface area (Å²) in [6.45, 7) is 0. The Balaban J connectivity index is 0.000000220. The normalized spacial score (nSPS) is 12.2. The van der Waals surface area contributed by atoms with Crippen molar-refractivity contribution >= 4 is 0 Å². The van der Waals surface area contributed by atoms with Crippen LogP contribution in [0.4, 0.5) is 0 Å². The second-order valence-electron chi connectivity index (χ2n) is 5.10. The molecule has 0 spiro atoms. The fraction of sp³-hybridized carbons (Fsp3) is 0.0526. The summed E-state index contributed by atoms with van der Waals surface area (Å²) in [5, 5.41) is 28.9. The number of hydrogen-bond donors (Lipinski definition) is 3. The molecule has 0 unspecified atom stereocenters. The van der Waals surface area contributed by atoms with E-state index in [9.17, 15) is 15.3 Å². The molecule has 3 aromatic carbocycles. The first kappa shape index (κ1) is 14.9. The highest BCUT2D eigenvalue weighted by molar-refractivity contribution is 5.55. The van der Waals surface area contributed by atoms with Crippen molar-refractivity contribution in [3.8, 4) is 23.0 Å². The lowest BCUT2D eigenvalue weighted by molar-refractivity contribution is 0.202. The third kappa shape index (κ3) is 3.27. The van der Waals surface area contributed by atoms with Crippen LogP contribution in [-0.4, -0.2) is 15.3 Å². The van der Waals surface area contributed by atoms with Gasteiger partial charge in [-0.05, 0) is 24.3 Å². The number of benzene rings is 3. The fourth-order valence-electron chi connectivity index (χ4n) is 2.35. The molecule has 4 nitrogen and oxygen atoms in total. The van der Waals surface area contributed by atoms with Crippen molar-refractivity contribution in [2.75, 3.05) is 0 Å². The molecule has 4 heteroatoms. The highest BCUT2D eigenvalue weighted by atomic mass is 16.5. The Kier molecular flexibility index (Phi) is 4.17. The molecule has 0 bridgehead atoms. The number of rotatable bonds is 0. The van der Waals surface area contributed by atoms with E-state index in [1.807, 2.05) is 36.4 Å². The zero-order valence-corrected chi connectivity index (χ0v) is 12.3. The number of aliphatic hydroxyl groups is 1. The summed E-state index contributed by atoms with van der Waals surface area (Å²) < 4.78 is 5.53. The van der Waals surface area contributed by atoms with Crippen LogP contribution in [0.3, 0.4) is 0 Å². The Labute approximate surface area is 133 Å². The topological polar surface area (TPSA) is 69.9 Å². The Morgan fingerprint density at radius 1 is 0.652 bits per heavy atom. The van der Waals surface area contributed by atoms with E-state index < -0.39 is 6.10 Å². The molecule has 0 aromatic heterocycles. The predicted molar refractivity (Wildman–Crippen MR) is 86.8 cm³/mol. The van der Waals surface area contributed by atoms with E-state index >= 15 is 0 Å². The summed E-state index contributed by atoms with van der Waals surface area (Å²) in [4.78, 5) is 0. The first-order valence-electron chi connectivity index (χ1n) is 7.17. The summed E-state index contributed by atoms with van der Waals surface area (Å²) in [6, 6.07) is 21.1. The Morgan fingerprint density at radius 3 is 1.43 bits per heavy atom. The molecular formula is C19H16O4. The number of phenolic OH excluding ortho intramolecular Hbond substituents is 2. The molecule has 0 saturated heterocycles. The van der Waals surface area contributed by atoms with Gasteiger partial charge in [0, 0.05) is 23.3 Å². The fourth-order valence-corrected chi connectivity index (χ4v) is 2.35. The van der Waals surface area contributed by atoms with Crippen LogP contribution in [0, 0.1) is 0 Å². The van der Waals surface area contributed by atoms with Gasteiger partial charge in [-0.3, -0.25) is 0 Å². The maximum Gasteiger partial charge on any atom is 0.137 e. The van der Waals surface area contributed by atoms with Crippen LogP contribution in [0.5, 0.6) is 23.0 Å². The SMILES string of the molecule is Oc1ccc2c(c1)Oc1cc(O)ccc1C2O.c1ccccc1. The summed E-state index contributed by atoms with van der Waals surface area (Å²) >= 11 is 0. The van der Waals surface area contributed by atoms with Crippen LogP contribution in [0.2, 0.25) is 0 Å². The van der Waals surface area contributed by atoms with Crippen molar-refractivity contribution < 1.29 is 20.1 Å². The van der Waals surface area contributed by atoms with Crippen LogP contribution in [0.1, 0.15) is 17.2 Å². The lowest BCUT2D eigenvalue weighted by atomic mass is 9.97. The smallest absolute Gasteiger partial charge is 0.137 e. The minimum Gasteiger partial charge on any atom is -0.508 e. The van der Waals surface area contributed by atoms with Gasteiger partial charge < -0.3 is 20.1 Å². The summed E-state index contributed by atoms with van der Waals surface area (Å²) in [6.07, 6.45) is -0.810. The van der Waals surface area contributed by atoms with Gasteiger partial charge in [0.15, 0.2) is 0 Å². The first-order valence-corrected chi connectivity index (χ1v) is 7.17. The lowest BCUT2D eigenvalue weighted by Gasteiger charge is -2.24. The number of hydrogen-bond acceptors (Lipinski definition) is 4. The molecule has 0 fully saturated rings. The van der Waals surface area contributed by atoms with E-state index in [0.717, 1.165) is 0 Å². The first-order chi connectivity index (χ1) is 11.1. The van der Waals surface area contributed by atoms with E-state index in [1.54, 1.807) is 12.1 Å². The van der Waals surface area contributed by atoms with E-state index in [2.05, 4.69) is 0 Å². The molecule has 0 amide bonds.